The summed E-state index contributed by atoms with van der Waals surface area (Å²) in [5.41, 5.74) is 5.08. The third-order valence-corrected chi connectivity index (χ3v) is 9.54. The van der Waals surface area contributed by atoms with Crippen LogP contribution >= 0.6 is 0 Å². The highest BCUT2D eigenvalue weighted by molar-refractivity contribution is 5.35. The van der Waals surface area contributed by atoms with Gasteiger partial charge in [0.05, 0.1) is 13.2 Å². The molecule has 0 aliphatic carbocycles. The lowest BCUT2D eigenvalue weighted by Crippen LogP contribution is -2.33. The van der Waals surface area contributed by atoms with Gasteiger partial charge in [-0.15, -0.1) is 0 Å². The molecular weight excluding hydrogens is 592 g/mol. The normalized spacial score (nSPS) is 12.7. The summed E-state index contributed by atoms with van der Waals surface area (Å²) in [5.74, 6) is 1.97. The Labute approximate surface area is 290 Å². The van der Waals surface area contributed by atoms with Gasteiger partial charge in [-0.1, -0.05) is 104 Å². The fourth-order valence-electron chi connectivity index (χ4n) is 6.94. The van der Waals surface area contributed by atoms with Crippen molar-refractivity contribution in [1.29, 1.82) is 0 Å². The zero-order valence-electron chi connectivity index (χ0n) is 30.1. The van der Waals surface area contributed by atoms with Crippen molar-refractivity contribution in [3.8, 4) is 11.5 Å². The van der Waals surface area contributed by atoms with E-state index in [1.807, 2.05) is 0 Å². The first-order chi connectivity index (χ1) is 23.7. The minimum atomic E-state index is 0.785. The van der Waals surface area contributed by atoms with Crippen molar-refractivity contribution in [2.75, 3.05) is 13.2 Å². The molecular formula is C42H62N4O2+2. The minimum Gasteiger partial charge on any atom is -0.494 e. The van der Waals surface area contributed by atoms with Crippen LogP contribution in [0.3, 0.4) is 0 Å². The quantitative estimate of drug-likeness (QED) is 0.0619. The summed E-state index contributed by atoms with van der Waals surface area (Å²) in [7, 11) is 0. The maximum atomic E-state index is 6.35. The molecule has 0 unspecified atom stereocenters. The first-order valence-corrected chi connectivity index (χ1v) is 19.3. The molecule has 0 spiro atoms. The van der Waals surface area contributed by atoms with Crippen LogP contribution in [0.5, 0.6) is 11.5 Å². The number of unbranched alkanes of at least 4 members (excludes halogenated alkanes) is 14. The average Bonchev–Trinajstić information content (AvgIpc) is 3.71. The van der Waals surface area contributed by atoms with Crippen LogP contribution in [0.2, 0.25) is 0 Å². The van der Waals surface area contributed by atoms with Gasteiger partial charge in [-0.3, -0.25) is 0 Å². The second-order valence-corrected chi connectivity index (χ2v) is 14.1. The molecule has 8 bridgehead atoms. The number of hydrogen-bond donors (Lipinski definition) is 0. The van der Waals surface area contributed by atoms with E-state index >= 15 is 0 Å². The van der Waals surface area contributed by atoms with Crippen molar-refractivity contribution in [1.82, 2.24) is 9.13 Å². The molecule has 2 aromatic heterocycles. The van der Waals surface area contributed by atoms with E-state index in [4.69, 9.17) is 9.47 Å². The zero-order chi connectivity index (χ0) is 33.2. The largest absolute Gasteiger partial charge is 0.494 e. The lowest BCUT2D eigenvalue weighted by Gasteiger charge is -2.11. The molecule has 0 saturated heterocycles. The second-order valence-electron chi connectivity index (χ2n) is 14.1. The minimum absolute atomic E-state index is 0.785. The molecule has 260 valence electrons. The number of hydrogen-bond acceptors (Lipinski definition) is 2. The molecule has 0 radical (unpaired) electrons. The Morgan fingerprint density at radius 2 is 0.854 bits per heavy atom. The number of nitrogens with zero attached hydrogens (tertiary/aromatic N) is 4. The van der Waals surface area contributed by atoms with Crippen molar-refractivity contribution in [2.24, 2.45) is 0 Å². The smallest absolute Gasteiger partial charge is 0.244 e. The fraction of sp³-hybridized carbons (Fsp3) is 0.571. The lowest BCUT2D eigenvalue weighted by atomic mass is 10.1. The number of rotatable bonds is 20. The summed E-state index contributed by atoms with van der Waals surface area (Å²) >= 11 is 0. The molecule has 3 heterocycles. The van der Waals surface area contributed by atoms with Gasteiger partial charge in [-0.2, -0.15) is 0 Å². The molecule has 0 saturated carbocycles. The molecule has 0 amide bonds. The van der Waals surface area contributed by atoms with Gasteiger partial charge in [0.15, 0.2) is 0 Å². The number of aromatic nitrogens is 4. The molecule has 0 fully saturated rings. The van der Waals surface area contributed by atoms with Crippen LogP contribution in [-0.2, 0) is 26.2 Å². The summed E-state index contributed by atoms with van der Waals surface area (Å²) in [6.07, 6.45) is 34.1. The highest BCUT2D eigenvalue weighted by Gasteiger charge is 2.14. The van der Waals surface area contributed by atoms with Gasteiger partial charge in [0, 0.05) is 0 Å². The third kappa shape index (κ3) is 12.5. The Kier molecular flexibility index (Phi) is 15.0. The second kappa shape index (κ2) is 20.1. The first-order valence-electron chi connectivity index (χ1n) is 19.3. The zero-order valence-corrected chi connectivity index (χ0v) is 30.1. The van der Waals surface area contributed by atoms with Crippen LogP contribution in [0.15, 0.2) is 73.8 Å². The van der Waals surface area contributed by atoms with Crippen LogP contribution in [0.25, 0.3) is 0 Å². The first kappa shape index (κ1) is 35.8. The predicted molar refractivity (Wildman–Crippen MR) is 195 cm³/mol. The SMILES string of the molecule is CCCCCCCCCCOc1cc2cc(c1)Cn1cc[n+](c1)Cc1cc(cc(OCCCCCCCCCC)c1)C[n+]1ccn(c1)C2. The predicted octanol–water partition coefficient (Wildman–Crippen LogP) is 9.41. The third-order valence-electron chi connectivity index (χ3n) is 9.54. The highest BCUT2D eigenvalue weighted by atomic mass is 16.5. The van der Waals surface area contributed by atoms with Crippen LogP contribution in [0, 0.1) is 0 Å². The Bertz CT molecular complexity index is 1300. The lowest BCUT2D eigenvalue weighted by molar-refractivity contribution is -0.688. The van der Waals surface area contributed by atoms with Crippen molar-refractivity contribution in [3.63, 3.8) is 0 Å². The molecule has 0 N–H and O–H groups in total. The van der Waals surface area contributed by atoms with E-state index in [0.717, 1.165) is 63.7 Å². The Hall–Kier alpha value is -3.54. The van der Waals surface area contributed by atoms with Crippen LogP contribution in [0.4, 0.5) is 0 Å². The van der Waals surface area contributed by atoms with Crippen LogP contribution < -0.4 is 18.6 Å². The van der Waals surface area contributed by atoms with Crippen molar-refractivity contribution >= 4 is 0 Å². The standard InChI is InChI=1S/C42H62N4O2/c1-3-5-7-9-11-13-15-17-23-47-41-27-37-25-38(28-41)32-44-20-22-46(36-44)34-40-26-39(33-45-21-19-43(31-37)35-45)29-42(30-40)48-24-18-16-14-12-10-8-6-4-2/h19-22,25-30,35-36H,3-18,23-24,31-34H2,1-2H3/q+2. The molecule has 1 aliphatic rings. The molecule has 0 atom stereocenters. The van der Waals surface area contributed by atoms with Gasteiger partial charge in [0.1, 0.15) is 62.5 Å². The number of fused-ring (bicyclic) bond motifs is 8. The molecule has 5 rings (SSSR count). The van der Waals surface area contributed by atoms with Crippen LogP contribution in [-0.4, -0.2) is 22.3 Å². The average molecular weight is 655 g/mol. The van der Waals surface area contributed by atoms with Gasteiger partial charge in [-0.05, 0) is 71.5 Å². The van der Waals surface area contributed by atoms with E-state index in [2.05, 4.69) is 106 Å². The van der Waals surface area contributed by atoms with Crippen molar-refractivity contribution < 1.29 is 18.6 Å². The van der Waals surface area contributed by atoms with E-state index in [9.17, 15) is 0 Å². The Morgan fingerprint density at radius 3 is 1.29 bits per heavy atom. The van der Waals surface area contributed by atoms with Gasteiger partial charge in [-0.25, -0.2) is 18.3 Å². The van der Waals surface area contributed by atoms with E-state index in [0.29, 0.717) is 0 Å². The van der Waals surface area contributed by atoms with E-state index < -0.39 is 0 Å². The molecule has 6 heteroatoms. The monoisotopic (exact) mass is 654 g/mol. The van der Waals surface area contributed by atoms with Gasteiger partial charge in [0.2, 0.25) is 12.7 Å². The molecule has 48 heavy (non-hydrogen) atoms. The summed E-state index contributed by atoms with van der Waals surface area (Å²) in [4.78, 5) is 0. The maximum Gasteiger partial charge on any atom is 0.244 e. The number of imidazole rings is 2. The van der Waals surface area contributed by atoms with Gasteiger partial charge < -0.3 is 9.47 Å². The Balaban J connectivity index is 1.22. The number of benzene rings is 2. The molecule has 2 aromatic carbocycles. The maximum absolute atomic E-state index is 6.35. The summed E-state index contributed by atoms with van der Waals surface area (Å²) in [6.45, 7) is 9.38. The van der Waals surface area contributed by atoms with Crippen molar-refractivity contribution in [3.05, 3.63) is 96.1 Å². The molecule has 1 aliphatic heterocycles. The number of ether oxygens (including phenoxy) is 2. The highest BCUT2D eigenvalue weighted by Crippen LogP contribution is 2.22. The van der Waals surface area contributed by atoms with E-state index in [-0.39, 0.29) is 0 Å². The summed E-state index contributed by atoms with van der Waals surface area (Å²) in [6, 6.07) is 13.6. The molecule has 6 nitrogen and oxygen atoms in total. The topological polar surface area (TPSA) is 36.1 Å². The van der Waals surface area contributed by atoms with E-state index in [1.54, 1.807) is 0 Å². The molecule has 4 aromatic rings. The Morgan fingerprint density at radius 1 is 0.479 bits per heavy atom. The van der Waals surface area contributed by atoms with E-state index in [1.165, 1.54) is 112 Å². The van der Waals surface area contributed by atoms with Gasteiger partial charge >= 0.3 is 0 Å². The van der Waals surface area contributed by atoms with Crippen LogP contribution in [0.1, 0.15) is 139 Å². The van der Waals surface area contributed by atoms with Crippen molar-refractivity contribution in [2.45, 2.75) is 143 Å². The fourth-order valence-corrected chi connectivity index (χ4v) is 6.94. The van der Waals surface area contributed by atoms with Gasteiger partial charge in [0.25, 0.3) is 0 Å². The summed E-state index contributed by atoms with van der Waals surface area (Å²) in [5, 5.41) is 0. The summed E-state index contributed by atoms with van der Waals surface area (Å²) < 4.78 is 21.8.